The second-order valence-electron chi connectivity index (χ2n) is 2.97. The number of nitrogen functional groups attached to an aromatic ring is 1. The molecule has 0 bridgehead atoms. The molecule has 2 N–H and O–H groups in total. The lowest BCUT2D eigenvalue weighted by atomic mass is 10.1. The van der Waals surface area contributed by atoms with Crippen LogP contribution in [0, 0.1) is 6.92 Å². The molecule has 1 heterocycles. The van der Waals surface area contributed by atoms with E-state index in [-0.39, 0.29) is 0 Å². The first-order chi connectivity index (χ1) is 6.24. The summed E-state index contributed by atoms with van der Waals surface area (Å²) in [6.07, 6.45) is 0. The van der Waals surface area contributed by atoms with Crippen LogP contribution in [0.2, 0.25) is 0 Å². The molecule has 0 saturated carbocycles. The maximum Gasteiger partial charge on any atom is 0.142 e. The average Bonchev–Trinajstić information content (AvgIpc) is 2.60. The summed E-state index contributed by atoms with van der Waals surface area (Å²) < 4.78 is 6.43. The van der Waals surface area contributed by atoms with E-state index in [1.165, 1.54) is 10.3 Å². The third kappa shape index (κ3) is 1.16. The van der Waals surface area contributed by atoms with Gasteiger partial charge in [-0.2, -0.15) is 0 Å². The highest BCUT2D eigenvalue weighted by Crippen LogP contribution is 2.35. The number of methoxy groups -OCH3 is 1. The standard InChI is InChI=1S/C10H11NOS/c1-6-5-8(12-2)9(11)7-3-4-13-10(6)7/h3-5H,11H2,1-2H3. The summed E-state index contributed by atoms with van der Waals surface area (Å²) >= 11 is 1.71. The van der Waals surface area contributed by atoms with Crippen LogP contribution in [0.1, 0.15) is 5.56 Å². The van der Waals surface area contributed by atoms with Crippen molar-refractivity contribution in [1.82, 2.24) is 0 Å². The van der Waals surface area contributed by atoms with Crippen molar-refractivity contribution >= 4 is 27.1 Å². The van der Waals surface area contributed by atoms with Crippen LogP contribution in [-0.2, 0) is 0 Å². The van der Waals surface area contributed by atoms with Gasteiger partial charge in [0.15, 0.2) is 0 Å². The minimum absolute atomic E-state index is 0.740. The minimum atomic E-state index is 0.740. The van der Waals surface area contributed by atoms with Crippen LogP contribution in [0.25, 0.3) is 10.1 Å². The highest BCUT2D eigenvalue weighted by atomic mass is 32.1. The van der Waals surface area contributed by atoms with Crippen LogP contribution >= 0.6 is 11.3 Å². The molecular formula is C10H11NOS. The van der Waals surface area contributed by atoms with Crippen molar-refractivity contribution in [1.29, 1.82) is 0 Å². The molecule has 0 atom stereocenters. The average molecular weight is 193 g/mol. The first-order valence-electron chi connectivity index (χ1n) is 4.04. The third-order valence-electron chi connectivity index (χ3n) is 2.15. The normalized spacial score (nSPS) is 10.6. The molecule has 0 aliphatic rings. The van der Waals surface area contributed by atoms with Gasteiger partial charge in [0.1, 0.15) is 5.75 Å². The number of thiophene rings is 1. The van der Waals surface area contributed by atoms with Crippen molar-refractivity contribution in [3.8, 4) is 5.75 Å². The SMILES string of the molecule is COc1cc(C)c2sccc2c1N. The molecule has 3 heteroatoms. The van der Waals surface area contributed by atoms with Crippen molar-refractivity contribution in [2.75, 3.05) is 12.8 Å². The fourth-order valence-electron chi connectivity index (χ4n) is 1.47. The molecule has 0 saturated heterocycles. The summed E-state index contributed by atoms with van der Waals surface area (Å²) in [5, 5.41) is 3.15. The van der Waals surface area contributed by atoms with Gasteiger partial charge in [-0.15, -0.1) is 11.3 Å². The Bertz CT molecular complexity index is 447. The Labute approximate surface area is 80.9 Å². The van der Waals surface area contributed by atoms with Crippen LogP contribution in [-0.4, -0.2) is 7.11 Å². The van der Waals surface area contributed by atoms with Gasteiger partial charge in [0.25, 0.3) is 0 Å². The van der Waals surface area contributed by atoms with Gasteiger partial charge in [0, 0.05) is 10.1 Å². The molecule has 0 unspecified atom stereocenters. The zero-order valence-corrected chi connectivity index (χ0v) is 8.44. The molecule has 13 heavy (non-hydrogen) atoms. The molecule has 68 valence electrons. The highest BCUT2D eigenvalue weighted by molar-refractivity contribution is 7.17. The van der Waals surface area contributed by atoms with Gasteiger partial charge in [-0.05, 0) is 30.0 Å². The maximum atomic E-state index is 5.92. The van der Waals surface area contributed by atoms with E-state index in [1.54, 1.807) is 18.4 Å². The van der Waals surface area contributed by atoms with Crippen molar-refractivity contribution in [3.63, 3.8) is 0 Å². The second kappa shape index (κ2) is 2.92. The van der Waals surface area contributed by atoms with E-state index in [4.69, 9.17) is 10.5 Å². The van der Waals surface area contributed by atoms with Gasteiger partial charge in [0.2, 0.25) is 0 Å². The molecule has 2 aromatic rings. The van der Waals surface area contributed by atoms with Crippen molar-refractivity contribution in [2.24, 2.45) is 0 Å². The van der Waals surface area contributed by atoms with Crippen LogP contribution in [0.3, 0.4) is 0 Å². The number of aryl methyl sites for hydroxylation is 1. The Morgan fingerprint density at radius 2 is 2.23 bits per heavy atom. The number of nitrogens with two attached hydrogens (primary N) is 1. The smallest absolute Gasteiger partial charge is 0.142 e. The first kappa shape index (κ1) is 8.38. The van der Waals surface area contributed by atoms with E-state index in [2.05, 4.69) is 6.92 Å². The van der Waals surface area contributed by atoms with E-state index < -0.39 is 0 Å². The third-order valence-corrected chi connectivity index (χ3v) is 3.20. The number of ether oxygens (including phenoxy) is 1. The van der Waals surface area contributed by atoms with E-state index in [9.17, 15) is 0 Å². The van der Waals surface area contributed by atoms with E-state index in [1.807, 2.05) is 17.5 Å². The summed E-state index contributed by atoms with van der Waals surface area (Å²) in [6, 6.07) is 4.01. The fraction of sp³-hybridized carbons (Fsp3) is 0.200. The Morgan fingerprint density at radius 3 is 2.92 bits per heavy atom. The van der Waals surface area contributed by atoms with Crippen molar-refractivity contribution < 1.29 is 4.74 Å². The molecule has 0 radical (unpaired) electrons. The predicted octanol–water partition coefficient (Wildman–Crippen LogP) is 2.80. The molecule has 0 aliphatic heterocycles. The van der Waals surface area contributed by atoms with Crippen LogP contribution in [0.15, 0.2) is 17.5 Å². The minimum Gasteiger partial charge on any atom is -0.495 e. The summed E-state index contributed by atoms with van der Waals surface area (Å²) in [5.41, 5.74) is 7.88. The van der Waals surface area contributed by atoms with E-state index >= 15 is 0 Å². The summed E-state index contributed by atoms with van der Waals surface area (Å²) in [4.78, 5) is 0. The fourth-order valence-corrected chi connectivity index (χ4v) is 2.36. The van der Waals surface area contributed by atoms with E-state index in [0.29, 0.717) is 0 Å². The summed E-state index contributed by atoms with van der Waals surface area (Å²) in [7, 11) is 1.64. The number of anilines is 1. The number of hydrogen-bond donors (Lipinski definition) is 1. The second-order valence-corrected chi connectivity index (χ2v) is 3.89. The number of fused-ring (bicyclic) bond motifs is 1. The van der Waals surface area contributed by atoms with Crippen molar-refractivity contribution in [2.45, 2.75) is 6.92 Å². The van der Waals surface area contributed by atoms with Gasteiger partial charge in [-0.3, -0.25) is 0 Å². The van der Waals surface area contributed by atoms with E-state index in [0.717, 1.165) is 16.8 Å². The van der Waals surface area contributed by atoms with Gasteiger partial charge in [-0.25, -0.2) is 0 Å². The first-order valence-corrected chi connectivity index (χ1v) is 4.92. The zero-order chi connectivity index (χ0) is 9.42. The topological polar surface area (TPSA) is 35.2 Å². The Kier molecular flexibility index (Phi) is 1.88. The Hall–Kier alpha value is -1.22. The summed E-state index contributed by atoms with van der Waals surface area (Å²) in [5.74, 6) is 0.767. The van der Waals surface area contributed by atoms with Gasteiger partial charge < -0.3 is 10.5 Å². The quantitative estimate of drug-likeness (QED) is 0.707. The highest BCUT2D eigenvalue weighted by Gasteiger charge is 2.08. The summed E-state index contributed by atoms with van der Waals surface area (Å²) in [6.45, 7) is 2.07. The molecule has 0 amide bonds. The van der Waals surface area contributed by atoms with Crippen LogP contribution < -0.4 is 10.5 Å². The Morgan fingerprint density at radius 1 is 1.46 bits per heavy atom. The molecular weight excluding hydrogens is 182 g/mol. The molecule has 0 aliphatic carbocycles. The van der Waals surface area contributed by atoms with Gasteiger partial charge >= 0.3 is 0 Å². The van der Waals surface area contributed by atoms with Gasteiger partial charge in [0.05, 0.1) is 12.8 Å². The largest absolute Gasteiger partial charge is 0.495 e. The molecule has 0 spiro atoms. The number of benzene rings is 1. The molecule has 2 nitrogen and oxygen atoms in total. The molecule has 0 fully saturated rings. The lowest BCUT2D eigenvalue weighted by Gasteiger charge is -2.07. The zero-order valence-electron chi connectivity index (χ0n) is 7.63. The predicted molar refractivity (Wildman–Crippen MR) is 57.5 cm³/mol. The Balaban J connectivity index is 2.85. The molecule has 1 aromatic carbocycles. The lowest BCUT2D eigenvalue weighted by molar-refractivity contribution is 0.417. The lowest BCUT2D eigenvalue weighted by Crippen LogP contribution is -1.93. The number of rotatable bonds is 1. The van der Waals surface area contributed by atoms with Crippen LogP contribution in [0.5, 0.6) is 5.75 Å². The van der Waals surface area contributed by atoms with Gasteiger partial charge in [-0.1, -0.05) is 0 Å². The molecule has 2 rings (SSSR count). The monoisotopic (exact) mass is 193 g/mol. The number of hydrogen-bond acceptors (Lipinski definition) is 3. The molecule has 1 aromatic heterocycles. The van der Waals surface area contributed by atoms with Crippen molar-refractivity contribution in [3.05, 3.63) is 23.1 Å². The van der Waals surface area contributed by atoms with Crippen LogP contribution in [0.4, 0.5) is 5.69 Å². The maximum absolute atomic E-state index is 5.92.